The highest BCUT2D eigenvalue weighted by Gasteiger charge is 2.12. The first-order valence-corrected chi connectivity index (χ1v) is 7.71. The molecule has 0 saturated carbocycles. The fourth-order valence-corrected chi connectivity index (χ4v) is 2.19. The van der Waals surface area contributed by atoms with Crippen molar-refractivity contribution in [1.29, 1.82) is 0 Å². The molecule has 0 aliphatic rings. The molecular formula is C18H16N4O4. The van der Waals surface area contributed by atoms with Crippen molar-refractivity contribution in [2.75, 3.05) is 7.11 Å². The van der Waals surface area contributed by atoms with E-state index in [2.05, 4.69) is 25.5 Å². The van der Waals surface area contributed by atoms with Crippen LogP contribution in [0.1, 0.15) is 32.2 Å². The average Bonchev–Trinajstić information content (AvgIpc) is 3.30. The first kappa shape index (κ1) is 17.2. The van der Waals surface area contributed by atoms with Gasteiger partial charge >= 0.3 is 5.97 Å². The highest BCUT2D eigenvalue weighted by atomic mass is 16.5. The van der Waals surface area contributed by atoms with E-state index < -0.39 is 11.9 Å². The molecule has 3 rings (SSSR count). The Morgan fingerprint density at radius 3 is 2.65 bits per heavy atom. The number of carbonyl (C=O) groups excluding carboxylic acids is 2. The third-order valence-electron chi connectivity index (χ3n) is 3.53. The van der Waals surface area contributed by atoms with E-state index in [0.29, 0.717) is 22.6 Å². The standard InChI is InChI=1S/C18H16N4O4/c1-11-3-8-16(26-11)14-9-15(21-20-14)17(23)22-19-10-12-4-6-13(7-5-12)18(24)25-2/h3-10H,1-2H3,(H,20,21)(H,22,23). The number of benzene rings is 1. The Morgan fingerprint density at radius 1 is 1.23 bits per heavy atom. The van der Waals surface area contributed by atoms with Crippen molar-refractivity contribution in [3.05, 3.63) is 65.0 Å². The number of nitrogens with zero attached hydrogens (tertiary/aromatic N) is 2. The molecule has 2 aromatic heterocycles. The Bertz CT molecular complexity index is 954. The van der Waals surface area contributed by atoms with E-state index in [1.807, 2.05) is 13.0 Å². The van der Waals surface area contributed by atoms with E-state index in [9.17, 15) is 9.59 Å². The number of carbonyl (C=O) groups is 2. The van der Waals surface area contributed by atoms with Crippen LogP contribution < -0.4 is 5.43 Å². The van der Waals surface area contributed by atoms with Gasteiger partial charge in [-0.2, -0.15) is 10.2 Å². The first-order chi connectivity index (χ1) is 12.6. The second-order valence-corrected chi connectivity index (χ2v) is 5.39. The molecule has 0 fully saturated rings. The summed E-state index contributed by atoms with van der Waals surface area (Å²) >= 11 is 0. The van der Waals surface area contributed by atoms with E-state index in [0.717, 1.165) is 5.76 Å². The van der Waals surface area contributed by atoms with Crippen molar-refractivity contribution in [2.45, 2.75) is 6.92 Å². The minimum atomic E-state index is -0.460. The van der Waals surface area contributed by atoms with E-state index in [1.165, 1.54) is 13.3 Å². The summed E-state index contributed by atoms with van der Waals surface area (Å²) in [6.45, 7) is 1.83. The smallest absolute Gasteiger partial charge is 0.337 e. The van der Waals surface area contributed by atoms with Crippen LogP contribution >= 0.6 is 0 Å². The van der Waals surface area contributed by atoms with Gasteiger partial charge < -0.3 is 9.15 Å². The van der Waals surface area contributed by atoms with Crippen LogP contribution in [0.5, 0.6) is 0 Å². The van der Waals surface area contributed by atoms with Crippen molar-refractivity contribution < 1.29 is 18.7 Å². The summed E-state index contributed by atoms with van der Waals surface area (Å²) < 4.78 is 10.1. The highest BCUT2D eigenvalue weighted by Crippen LogP contribution is 2.20. The second kappa shape index (κ2) is 7.47. The predicted molar refractivity (Wildman–Crippen MR) is 93.9 cm³/mol. The van der Waals surface area contributed by atoms with Gasteiger partial charge in [-0.3, -0.25) is 9.89 Å². The minimum Gasteiger partial charge on any atom is -0.465 e. The van der Waals surface area contributed by atoms with Gasteiger partial charge in [0.05, 0.1) is 18.9 Å². The molecule has 3 aromatic rings. The summed E-state index contributed by atoms with van der Waals surface area (Å²) in [6, 6.07) is 11.8. The molecule has 0 saturated heterocycles. The summed E-state index contributed by atoms with van der Waals surface area (Å²) in [7, 11) is 1.32. The molecule has 0 aliphatic carbocycles. The fourth-order valence-electron chi connectivity index (χ4n) is 2.19. The minimum absolute atomic E-state index is 0.187. The third-order valence-corrected chi connectivity index (χ3v) is 3.53. The Balaban J connectivity index is 1.61. The average molecular weight is 352 g/mol. The SMILES string of the molecule is COC(=O)c1ccc(C=NNC(=O)c2cc(-c3ccc(C)o3)[nH]n2)cc1. The number of rotatable bonds is 5. The van der Waals surface area contributed by atoms with Gasteiger partial charge in [-0.05, 0) is 36.8 Å². The van der Waals surface area contributed by atoms with Crippen molar-refractivity contribution in [1.82, 2.24) is 15.6 Å². The van der Waals surface area contributed by atoms with Crippen LogP contribution in [-0.2, 0) is 4.74 Å². The van der Waals surface area contributed by atoms with Crippen LogP contribution in [0, 0.1) is 6.92 Å². The molecule has 132 valence electrons. The lowest BCUT2D eigenvalue weighted by atomic mass is 10.1. The number of hydrogen-bond donors (Lipinski definition) is 2. The van der Waals surface area contributed by atoms with Crippen LogP contribution in [0.2, 0.25) is 0 Å². The molecule has 1 aromatic carbocycles. The lowest BCUT2D eigenvalue weighted by Crippen LogP contribution is -2.18. The number of aryl methyl sites for hydroxylation is 1. The molecule has 0 spiro atoms. The monoisotopic (exact) mass is 352 g/mol. The van der Waals surface area contributed by atoms with Crippen LogP contribution in [0.3, 0.4) is 0 Å². The van der Waals surface area contributed by atoms with Crippen LogP contribution in [0.25, 0.3) is 11.5 Å². The molecule has 2 N–H and O–H groups in total. The zero-order valence-electron chi connectivity index (χ0n) is 14.1. The first-order valence-electron chi connectivity index (χ1n) is 7.71. The number of esters is 1. The van der Waals surface area contributed by atoms with Gasteiger partial charge in [0.15, 0.2) is 11.5 Å². The van der Waals surface area contributed by atoms with Crippen LogP contribution in [0.4, 0.5) is 0 Å². The summed E-state index contributed by atoms with van der Waals surface area (Å²) in [5.74, 6) is 0.493. The number of hydrogen-bond acceptors (Lipinski definition) is 6. The zero-order chi connectivity index (χ0) is 18.5. The molecular weight excluding hydrogens is 336 g/mol. The number of aromatic amines is 1. The van der Waals surface area contributed by atoms with Gasteiger partial charge in [-0.1, -0.05) is 12.1 Å². The number of hydrazone groups is 1. The lowest BCUT2D eigenvalue weighted by Gasteiger charge is -1.99. The fraction of sp³-hybridized carbons (Fsp3) is 0.111. The molecule has 0 aliphatic heterocycles. The Hall–Kier alpha value is -3.68. The molecule has 0 atom stereocenters. The molecule has 8 nitrogen and oxygen atoms in total. The Kier molecular flexibility index (Phi) is 4.93. The maximum Gasteiger partial charge on any atom is 0.337 e. The van der Waals surface area contributed by atoms with Crippen molar-refractivity contribution in [3.8, 4) is 11.5 Å². The molecule has 1 amide bonds. The number of nitrogens with one attached hydrogen (secondary N) is 2. The molecule has 8 heteroatoms. The number of furan rings is 1. The number of H-pyrrole nitrogens is 1. The molecule has 0 bridgehead atoms. The number of ether oxygens (including phenoxy) is 1. The lowest BCUT2D eigenvalue weighted by molar-refractivity contribution is 0.0600. The molecule has 0 unspecified atom stereocenters. The van der Waals surface area contributed by atoms with E-state index in [1.54, 1.807) is 36.4 Å². The number of aromatic nitrogens is 2. The number of methoxy groups -OCH3 is 1. The van der Waals surface area contributed by atoms with Gasteiger partial charge in [-0.15, -0.1) is 0 Å². The quantitative estimate of drug-likeness (QED) is 0.416. The van der Waals surface area contributed by atoms with Crippen molar-refractivity contribution in [2.24, 2.45) is 5.10 Å². The van der Waals surface area contributed by atoms with Crippen LogP contribution in [0.15, 0.2) is 52.0 Å². The summed E-state index contributed by atoms with van der Waals surface area (Å²) in [6.07, 6.45) is 1.46. The van der Waals surface area contributed by atoms with Crippen molar-refractivity contribution in [3.63, 3.8) is 0 Å². The van der Waals surface area contributed by atoms with Gasteiger partial charge in [0.25, 0.3) is 5.91 Å². The van der Waals surface area contributed by atoms with E-state index >= 15 is 0 Å². The van der Waals surface area contributed by atoms with Gasteiger partial charge in [0.1, 0.15) is 11.5 Å². The number of amides is 1. The summed E-state index contributed by atoms with van der Waals surface area (Å²) in [4.78, 5) is 23.4. The van der Waals surface area contributed by atoms with Crippen molar-refractivity contribution >= 4 is 18.1 Å². The van der Waals surface area contributed by atoms with Gasteiger partial charge in [-0.25, -0.2) is 10.2 Å². The summed E-state index contributed by atoms with van der Waals surface area (Å²) in [5, 5.41) is 10.6. The molecule has 2 heterocycles. The van der Waals surface area contributed by atoms with E-state index in [-0.39, 0.29) is 5.69 Å². The van der Waals surface area contributed by atoms with Gasteiger partial charge in [0, 0.05) is 6.07 Å². The maximum atomic E-state index is 12.1. The topological polar surface area (TPSA) is 110 Å². The second-order valence-electron chi connectivity index (χ2n) is 5.39. The Morgan fingerprint density at radius 2 is 2.00 bits per heavy atom. The van der Waals surface area contributed by atoms with Crippen LogP contribution in [-0.4, -0.2) is 35.4 Å². The third kappa shape index (κ3) is 3.86. The largest absolute Gasteiger partial charge is 0.465 e. The highest BCUT2D eigenvalue weighted by molar-refractivity contribution is 5.94. The zero-order valence-corrected chi connectivity index (χ0v) is 14.1. The predicted octanol–water partition coefficient (Wildman–Crippen LogP) is 2.53. The molecule has 26 heavy (non-hydrogen) atoms. The molecule has 0 radical (unpaired) electrons. The normalized spacial score (nSPS) is 10.8. The Labute approximate surface area is 148 Å². The maximum absolute atomic E-state index is 12.1. The summed E-state index contributed by atoms with van der Waals surface area (Å²) in [5.41, 5.74) is 4.33. The van der Waals surface area contributed by atoms with Gasteiger partial charge in [0.2, 0.25) is 0 Å². The van der Waals surface area contributed by atoms with E-state index in [4.69, 9.17) is 4.42 Å².